The topological polar surface area (TPSA) is 3.24 Å². The second-order valence-corrected chi connectivity index (χ2v) is 14.5. The van der Waals surface area contributed by atoms with Crippen LogP contribution in [-0.4, -0.2) is 0 Å². The summed E-state index contributed by atoms with van der Waals surface area (Å²) in [5, 5.41) is 4.96. The van der Waals surface area contributed by atoms with Crippen molar-refractivity contribution in [3.8, 4) is 55.6 Å². The lowest BCUT2D eigenvalue weighted by molar-refractivity contribution is 1.28. The molecule has 0 aromatic heterocycles. The molecule has 10 aromatic carbocycles. The maximum atomic E-state index is 2.44. The van der Waals surface area contributed by atoms with Crippen LogP contribution < -0.4 is 4.90 Å². The molecule has 1 nitrogen and oxygen atoms in total. The summed E-state index contributed by atoms with van der Waals surface area (Å²) in [4.78, 5) is 2.44. The number of fused-ring (bicyclic) bond motifs is 2. The van der Waals surface area contributed by atoms with Crippen LogP contribution in [0.3, 0.4) is 0 Å². The molecule has 0 N–H and O–H groups in total. The average molecular weight is 726 g/mol. The molecule has 0 aliphatic heterocycles. The zero-order valence-corrected chi connectivity index (χ0v) is 31.5. The SMILES string of the molecule is c1ccc(-c2ccccc2-c2c(-c3ccccc3)cccc2N(c2ccc(-c3ccc4ccccc4c3)cc2)c2cccc(-c3ccc4ccccc4c3)c2)cc1. The molecule has 57 heavy (non-hydrogen) atoms. The van der Waals surface area contributed by atoms with E-state index in [1.807, 2.05) is 0 Å². The molecule has 0 amide bonds. The number of benzene rings is 10. The summed E-state index contributed by atoms with van der Waals surface area (Å²) in [6.45, 7) is 0. The number of hydrogen-bond donors (Lipinski definition) is 0. The molecule has 0 bridgehead atoms. The van der Waals surface area contributed by atoms with E-state index < -0.39 is 0 Å². The fourth-order valence-electron chi connectivity index (χ4n) is 8.23. The largest absolute Gasteiger partial charge is 0.310 e. The van der Waals surface area contributed by atoms with Crippen molar-refractivity contribution in [1.82, 2.24) is 0 Å². The quantitative estimate of drug-likeness (QED) is 0.151. The van der Waals surface area contributed by atoms with E-state index in [4.69, 9.17) is 0 Å². The molecule has 0 saturated heterocycles. The number of anilines is 3. The van der Waals surface area contributed by atoms with E-state index >= 15 is 0 Å². The Hall–Kier alpha value is -7.48. The summed E-state index contributed by atoms with van der Waals surface area (Å²) in [5.41, 5.74) is 15.1. The lowest BCUT2D eigenvalue weighted by atomic mass is 9.87. The second-order valence-electron chi connectivity index (χ2n) is 14.5. The Balaban J connectivity index is 1.20. The molecular formula is C56H39N. The Morgan fingerprint density at radius 3 is 1.33 bits per heavy atom. The minimum Gasteiger partial charge on any atom is -0.310 e. The number of rotatable bonds is 8. The molecule has 10 aromatic rings. The van der Waals surface area contributed by atoms with Gasteiger partial charge < -0.3 is 4.90 Å². The van der Waals surface area contributed by atoms with E-state index in [1.165, 1.54) is 77.2 Å². The van der Waals surface area contributed by atoms with Gasteiger partial charge in [0.25, 0.3) is 0 Å². The maximum absolute atomic E-state index is 2.44. The molecule has 0 aliphatic carbocycles. The van der Waals surface area contributed by atoms with Crippen LogP contribution in [0.5, 0.6) is 0 Å². The van der Waals surface area contributed by atoms with Gasteiger partial charge in [0.1, 0.15) is 0 Å². The van der Waals surface area contributed by atoms with Crippen molar-refractivity contribution in [3.63, 3.8) is 0 Å². The van der Waals surface area contributed by atoms with Crippen molar-refractivity contribution in [1.29, 1.82) is 0 Å². The first-order valence-corrected chi connectivity index (χ1v) is 19.6. The molecule has 0 unspecified atom stereocenters. The number of nitrogens with zero attached hydrogens (tertiary/aromatic N) is 1. The standard InChI is InChI=1S/C56H39N/c1-3-17-43(18-4-1)52-25-11-12-26-54(52)56-53(44-19-5-2-6-20-44)27-14-28-55(56)57(50-35-33-42(34-36-50)48-31-29-40-15-7-9-21-45(40)37-48)51-24-13-23-47(39-51)49-32-30-41-16-8-10-22-46(41)38-49/h1-39H. The molecule has 0 aliphatic rings. The highest BCUT2D eigenvalue weighted by atomic mass is 15.1. The van der Waals surface area contributed by atoms with Gasteiger partial charge in [-0.3, -0.25) is 0 Å². The van der Waals surface area contributed by atoms with Gasteiger partial charge >= 0.3 is 0 Å². The van der Waals surface area contributed by atoms with E-state index in [0.717, 1.165) is 17.1 Å². The summed E-state index contributed by atoms with van der Waals surface area (Å²) in [5.74, 6) is 0. The third-order valence-corrected chi connectivity index (χ3v) is 11.0. The normalized spacial score (nSPS) is 11.2. The van der Waals surface area contributed by atoms with Crippen molar-refractivity contribution in [3.05, 3.63) is 237 Å². The van der Waals surface area contributed by atoms with Crippen LogP contribution in [0, 0.1) is 0 Å². The van der Waals surface area contributed by atoms with Gasteiger partial charge in [0.05, 0.1) is 5.69 Å². The van der Waals surface area contributed by atoms with E-state index in [-0.39, 0.29) is 0 Å². The van der Waals surface area contributed by atoms with Gasteiger partial charge in [-0.15, -0.1) is 0 Å². The molecular weight excluding hydrogens is 687 g/mol. The van der Waals surface area contributed by atoms with Gasteiger partial charge in [0.2, 0.25) is 0 Å². The van der Waals surface area contributed by atoms with Gasteiger partial charge in [-0.2, -0.15) is 0 Å². The minimum absolute atomic E-state index is 1.08. The maximum Gasteiger partial charge on any atom is 0.0546 e. The van der Waals surface area contributed by atoms with Crippen LogP contribution in [0.2, 0.25) is 0 Å². The highest BCUT2D eigenvalue weighted by molar-refractivity contribution is 6.01. The molecule has 0 saturated carbocycles. The van der Waals surface area contributed by atoms with Crippen LogP contribution in [0.4, 0.5) is 17.1 Å². The summed E-state index contributed by atoms with van der Waals surface area (Å²) < 4.78 is 0. The first-order chi connectivity index (χ1) is 28.3. The van der Waals surface area contributed by atoms with Crippen LogP contribution in [0.15, 0.2) is 237 Å². The van der Waals surface area contributed by atoms with Gasteiger partial charge in [0, 0.05) is 16.9 Å². The molecule has 0 radical (unpaired) electrons. The van der Waals surface area contributed by atoms with Gasteiger partial charge in [-0.05, 0) is 114 Å². The Bertz CT molecular complexity index is 3000. The first kappa shape index (κ1) is 34.0. The Kier molecular flexibility index (Phi) is 8.95. The Morgan fingerprint density at radius 1 is 0.228 bits per heavy atom. The van der Waals surface area contributed by atoms with Gasteiger partial charge in [0.15, 0.2) is 0 Å². The van der Waals surface area contributed by atoms with Crippen LogP contribution in [-0.2, 0) is 0 Å². The molecule has 0 fully saturated rings. The molecule has 0 atom stereocenters. The van der Waals surface area contributed by atoms with E-state index in [0.29, 0.717) is 0 Å². The summed E-state index contributed by atoms with van der Waals surface area (Å²) in [7, 11) is 0. The number of hydrogen-bond acceptors (Lipinski definition) is 1. The van der Waals surface area contributed by atoms with Crippen LogP contribution >= 0.6 is 0 Å². The fraction of sp³-hybridized carbons (Fsp3) is 0. The summed E-state index contributed by atoms with van der Waals surface area (Å²) in [6, 6.07) is 85.8. The Labute approximate surface area is 334 Å². The first-order valence-electron chi connectivity index (χ1n) is 19.6. The van der Waals surface area contributed by atoms with Crippen molar-refractivity contribution >= 4 is 38.6 Å². The highest BCUT2D eigenvalue weighted by Gasteiger charge is 2.23. The van der Waals surface area contributed by atoms with E-state index in [9.17, 15) is 0 Å². The van der Waals surface area contributed by atoms with E-state index in [2.05, 4.69) is 241 Å². The smallest absolute Gasteiger partial charge is 0.0546 e. The zero-order valence-electron chi connectivity index (χ0n) is 31.5. The summed E-state index contributed by atoms with van der Waals surface area (Å²) in [6.07, 6.45) is 0. The molecule has 0 spiro atoms. The predicted molar refractivity (Wildman–Crippen MR) is 243 cm³/mol. The monoisotopic (exact) mass is 725 g/mol. The lowest BCUT2D eigenvalue weighted by Crippen LogP contribution is -2.12. The fourth-order valence-corrected chi connectivity index (χ4v) is 8.23. The summed E-state index contributed by atoms with van der Waals surface area (Å²) >= 11 is 0. The van der Waals surface area contributed by atoms with Crippen molar-refractivity contribution < 1.29 is 0 Å². The zero-order chi connectivity index (χ0) is 38.0. The van der Waals surface area contributed by atoms with E-state index in [1.54, 1.807) is 0 Å². The lowest BCUT2D eigenvalue weighted by Gasteiger charge is -2.30. The van der Waals surface area contributed by atoms with Crippen molar-refractivity contribution in [2.45, 2.75) is 0 Å². The third-order valence-electron chi connectivity index (χ3n) is 11.0. The Morgan fingerprint density at radius 2 is 0.684 bits per heavy atom. The highest BCUT2D eigenvalue weighted by Crippen LogP contribution is 2.48. The predicted octanol–water partition coefficient (Wildman–Crippen LogP) is 15.8. The second kappa shape index (κ2) is 15.0. The van der Waals surface area contributed by atoms with Gasteiger partial charge in [-0.1, -0.05) is 194 Å². The molecule has 1 heteroatoms. The molecule has 10 rings (SSSR count). The van der Waals surface area contributed by atoms with Crippen LogP contribution in [0.25, 0.3) is 77.2 Å². The van der Waals surface area contributed by atoms with Crippen LogP contribution in [0.1, 0.15) is 0 Å². The van der Waals surface area contributed by atoms with Gasteiger partial charge in [-0.25, -0.2) is 0 Å². The average Bonchev–Trinajstić information content (AvgIpc) is 3.29. The van der Waals surface area contributed by atoms with Crippen molar-refractivity contribution in [2.75, 3.05) is 4.90 Å². The molecule has 0 heterocycles. The third kappa shape index (κ3) is 6.66. The minimum atomic E-state index is 1.08. The van der Waals surface area contributed by atoms with Crippen molar-refractivity contribution in [2.24, 2.45) is 0 Å². The molecule has 268 valence electrons.